The Morgan fingerprint density at radius 3 is 2.65 bits per heavy atom. The molecular weight excluding hydrogens is 260 g/mol. The molecule has 2 fully saturated rings. The van der Waals surface area contributed by atoms with Gasteiger partial charge in [0.05, 0.1) is 6.54 Å². The minimum absolute atomic E-state index is 0.0710. The van der Waals surface area contributed by atoms with Crippen LogP contribution in [0.4, 0.5) is 9.59 Å². The van der Waals surface area contributed by atoms with Crippen LogP contribution in [-0.4, -0.2) is 48.4 Å². The number of alkyl carbamates (subject to hydrolysis) is 1. The van der Waals surface area contributed by atoms with Gasteiger partial charge in [-0.3, -0.25) is 0 Å². The zero-order chi connectivity index (χ0) is 14.9. The number of amides is 2. The van der Waals surface area contributed by atoms with E-state index >= 15 is 0 Å². The quantitative estimate of drug-likeness (QED) is 0.799. The van der Waals surface area contributed by atoms with Crippen molar-refractivity contribution in [2.24, 2.45) is 11.8 Å². The highest BCUT2D eigenvalue weighted by Gasteiger charge is 2.39. The van der Waals surface area contributed by atoms with E-state index in [4.69, 9.17) is 9.47 Å². The van der Waals surface area contributed by atoms with Gasteiger partial charge in [-0.25, -0.2) is 9.59 Å². The zero-order valence-electron chi connectivity index (χ0n) is 12.6. The van der Waals surface area contributed by atoms with Crippen molar-refractivity contribution >= 4 is 12.2 Å². The summed E-state index contributed by atoms with van der Waals surface area (Å²) in [7, 11) is 0. The summed E-state index contributed by atoms with van der Waals surface area (Å²) in [5.74, 6) is 0.585. The van der Waals surface area contributed by atoms with Crippen molar-refractivity contribution in [3.05, 3.63) is 0 Å². The fourth-order valence-corrected chi connectivity index (χ4v) is 2.85. The fourth-order valence-electron chi connectivity index (χ4n) is 2.85. The lowest BCUT2D eigenvalue weighted by molar-refractivity contribution is -0.00281. The third kappa shape index (κ3) is 3.55. The summed E-state index contributed by atoms with van der Waals surface area (Å²) >= 11 is 0. The van der Waals surface area contributed by atoms with Crippen LogP contribution in [0.1, 0.15) is 34.1 Å². The summed E-state index contributed by atoms with van der Waals surface area (Å²) in [6.07, 6.45) is 0.166. The molecule has 0 aromatic rings. The molecule has 6 heteroatoms. The van der Waals surface area contributed by atoms with Crippen LogP contribution in [0.5, 0.6) is 0 Å². The first kappa shape index (κ1) is 14.9. The van der Waals surface area contributed by atoms with Crippen molar-refractivity contribution < 1.29 is 19.1 Å². The molecule has 2 saturated heterocycles. The summed E-state index contributed by atoms with van der Waals surface area (Å²) < 4.78 is 10.7. The number of cyclic esters (lactones) is 1. The number of hydrogen-bond acceptors (Lipinski definition) is 4. The Hall–Kier alpha value is -1.46. The second kappa shape index (κ2) is 5.50. The van der Waals surface area contributed by atoms with Gasteiger partial charge in [0.2, 0.25) is 0 Å². The van der Waals surface area contributed by atoms with Gasteiger partial charge in [-0.2, -0.15) is 0 Å². The van der Waals surface area contributed by atoms with Crippen LogP contribution in [-0.2, 0) is 9.47 Å². The average molecular weight is 284 g/mol. The molecule has 0 saturated carbocycles. The largest absolute Gasteiger partial charge is 0.444 e. The van der Waals surface area contributed by atoms with Crippen LogP contribution in [0.25, 0.3) is 0 Å². The number of carbonyl (C=O) groups is 2. The molecule has 0 bridgehead atoms. The smallest absolute Gasteiger partial charge is 0.410 e. The molecule has 2 aliphatic rings. The highest BCUT2D eigenvalue weighted by atomic mass is 16.6. The van der Waals surface area contributed by atoms with Crippen LogP contribution < -0.4 is 5.32 Å². The topological polar surface area (TPSA) is 67.9 Å². The maximum absolute atomic E-state index is 12.0. The second-order valence-corrected chi connectivity index (χ2v) is 6.68. The van der Waals surface area contributed by atoms with E-state index in [-0.39, 0.29) is 24.2 Å². The first-order valence-corrected chi connectivity index (χ1v) is 7.18. The third-order valence-electron chi connectivity index (χ3n) is 3.81. The van der Waals surface area contributed by atoms with Crippen LogP contribution in [0.3, 0.4) is 0 Å². The molecule has 2 heterocycles. The van der Waals surface area contributed by atoms with E-state index in [0.717, 1.165) is 6.42 Å². The summed E-state index contributed by atoms with van der Waals surface area (Å²) in [5.41, 5.74) is -0.470. The maximum Gasteiger partial charge on any atom is 0.410 e. The molecule has 0 aliphatic carbocycles. The Morgan fingerprint density at radius 2 is 2.15 bits per heavy atom. The van der Waals surface area contributed by atoms with Crippen LogP contribution >= 0.6 is 0 Å². The number of piperidine rings is 1. The molecule has 0 spiro atoms. The van der Waals surface area contributed by atoms with Gasteiger partial charge in [-0.15, -0.1) is 0 Å². The van der Waals surface area contributed by atoms with Crippen molar-refractivity contribution in [2.75, 3.05) is 19.6 Å². The molecule has 2 aliphatic heterocycles. The van der Waals surface area contributed by atoms with Gasteiger partial charge in [0.1, 0.15) is 11.7 Å². The Labute approximate surface area is 119 Å². The maximum atomic E-state index is 12.0. The second-order valence-electron chi connectivity index (χ2n) is 6.68. The summed E-state index contributed by atoms with van der Waals surface area (Å²) in [6, 6.07) is 0. The number of rotatable bonds is 1. The van der Waals surface area contributed by atoms with E-state index in [2.05, 4.69) is 12.2 Å². The summed E-state index contributed by atoms with van der Waals surface area (Å²) in [4.78, 5) is 24.9. The minimum atomic E-state index is -0.470. The van der Waals surface area contributed by atoms with E-state index in [1.54, 1.807) is 4.90 Å². The molecule has 2 amide bonds. The van der Waals surface area contributed by atoms with E-state index in [1.807, 2.05) is 20.8 Å². The highest BCUT2D eigenvalue weighted by Crippen LogP contribution is 2.30. The SMILES string of the molecule is CC1CN(C(=O)OC(C)(C)C)CCC1C1CNC(=O)O1. The lowest BCUT2D eigenvalue weighted by Gasteiger charge is -2.39. The van der Waals surface area contributed by atoms with Gasteiger partial charge in [0.15, 0.2) is 0 Å². The normalized spacial score (nSPS) is 30.7. The Morgan fingerprint density at radius 1 is 1.45 bits per heavy atom. The highest BCUT2D eigenvalue weighted by molar-refractivity contribution is 5.69. The molecule has 0 aromatic carbocycles. The molecule has 3 atom stereocenters. The predicted octanol–water partition coefficient (Wildman–Crippen LogP) is 1.99. The van der Waals surface area contributed by atoms with Gasteiger partial charge in [-0.05, 0) is 33.1 Å². The van der Waals surface area contributed by atoms with Crippen LogP contribution in [0.15, 0.2) is 0 Å². The van der Waals surface area contributed by atoms with Crippen LogP contribution in [0.2, 0.25) is 0 Å². The predicted molar refractivity (Wildman–Crippen MR) is 73.3 cm³/mol. The van der Waals surface area contributed by atoms with Gasteiger partial charge in [0, 0.05) is 19.0 Å². The number of ether oxygens (including phenoxy) is 2. The van der Waals surface area contributed by atoms with Crippen molar-refractivity contribution in [3.63, 3.8) is 0 Å². The number of carbonyl (C=O) groups excluding carboxylic acids is 2. The average Bonchev–Trinajstić information content (AvgIpc) is 2.73. The first-order valence-electron chi connectivity index (χ1n) is 7.18. The van der Waals surface area contributed by atoms with Gasteiger partial charge >= 0.3 is 12.2 Å². The van der Waals surface area contributed by atoms with E-state index in [0.29, 0.717) is 25.6 Å². The van der Waals surface area contributed by atoms with Crippen molar-refractivity contribution in [3.8, 4) is 0 Å². The number of nitrogens with zero attached hydrogens (tertiary/aromatic N) is 1. The summed E-state index contributed by atoms with van der Waals surface area (Å²) in [6.45, 7) is 9.55. The minimum Gasteiger partial charge on any atom is -0.444 e. The lowest BCUT2D eigenvalue weighted by Crippen LogP contribution is -2.48. The van der Waals surface area contributed by atoms with Crippen molar-refractivity contribution in [2.45, 2.75) is 45.8 Å². The fraction of sp³-hybridized carbons (Fsp3) is 0.857. The Kier molecular flexibility index (Phi) is 4.11. The van der Waals surface area contributed by atoms with Gasteiger partial charge in [0.25, 0.3) is 0 Å². The Balaban J connectivity index is 1.89. The molecule has 0 aromatic heterocycles. The van der Waals surface area contributed by atoms with Crippen molar-refractivity contribution in [1.82, 2.24) is 10.2 Å². The molecule has 1 N–H and O–H groups in total. The van der Waals surface area contributed by atoms with Crippen LogP contribution in [0, 0.1) is 11.8 Å². The van der Waals surface area contributed by atoms with E-state index in [9.17, 15) is 9.59 Å². The lowest BCUT2D eigenvalue weighted by atomic mass is 9.83. The van der Waals surface area contributed by atoms with Gasteiger partial charge in [-0.1, -0.05) is 6.92 Å². The molecule has 20 heavy (non-hydrogen) atoms. The van der Waals surface area contributed by atoms with E-state index < -0.39 is 5.60 Å². The number of likely N-dealkylation sites (tertiary alicyclic amines) is 1. The number of nitrogens with one attached hydrogen (secondary N) is 1. The van der Waals surface area contributed by atoms with E-state index in [1.165, 1.54) is 0 Å². The van der Waals surface area contributed by atoms with Gasteiger partial charge < -0.3 is 19.7 Å². The monoisotopic (exact) mass is 284 g/mol. The molecule has 0 radical (unpaired) electrons. The molecule has 114 valence electrons. The molecule has 2 rings (SSSR count). The number of hydrogen-bond donors (Lipinski definition) is 1. The standard InChI is InChI=1S/C14H24N2O4/c1-9-8-16(13(18)20-14(2,3)4)6-5-10(9)11-7-15-12(17)19-11/h9-11H,5-8H2,1-4H3,(H,15,17). The molecular formula is C14H24N2O4. The zero-order valence-corrected chi connectivity index (χ0v) is 12.6. The van der Waals surface area contributed by atoms with Crippen molar-refractivity contribution in [1.29, 1.82) is 0 Å². The molecule has 3 unspecified atom stereocenters. The Bertz CT molecular complexity index is 391. The first-order chi connectivity index (χ1) is 9.26. The molecule has 6 nitrogen and oxygen atoms in total. The summed E-state index contributed by atoms with van der Waals surface area (Å²) in [5, 5.41) is 2.69. The third-order valence-corrected chi connectivity index (χ3v) is 3.81.